The van der Waals surface area contributed by atoms with Crippen molar-refractivity contribution in [2.24, 2.45) is 5.92 Å². The van der Waals surface area contributed by atoms with E-state index in [1.165, 1.54) is 48.9 Å². The van der Waals surface area contributed by atoms with E-state index < -0.39 is 0 Å². The van der Waals surface area contributed by atoms with Crippen LogP contribution in [0.3, 0.4) is 0 Å². The molecule has 3 atom stereocenters. The molecule has 1 saturated heterocycles. The molecular formula is C17H21BrN2. The number of nitrogens with zero attached hydrogens (tertiary/aromatic N) is 1. The van der Waals surface area contributed by atoms with E-state index in [4.69, 9.17) is 0 Å². The van der Waals surface area contributed by atoms with Crippen LogP contribution in [0.2, 0.25) is 0 Å². The maximum atomic E-state index is 3.78. The number of rotatable bonds is 1. The number of benzene rings is 1. The molecule has 1 N–H and O–H groups in total. The lowest BCUT2D eigenvalue weighted by molar-refractivity contribution is 0.0976. The first kappa shape index (κ1) is 12.9. The van der Waals surface area contributed by atoms with Gasteiger partial charge in [0.05, 0.1) is 6.04 Å². The van der Waals surface area contributed by atoms with E-state index in [1.54, 1.807) is 5.56 Å². The van der Waals surface area contributed by atoms with Gasteiger partial charge < -0.3 is 4.98 Å². The fourth-order valence-electron chi connectivity index (χ4n) is 4.05. The molecule has 2 aromatic rings. The molecule has 3 heterocycles. The quantitative estimate of drug-likeness (QED) is 0.773. The fourth-order valence-corrected chi connectivity index (χ4v) is 4.48. The third kappa shape index (κ3) is 1.94. The molecule has 1 aromatic carbocycles. The van der Waals surface area contributed by atoms with Crippen molar-refractivity contribution in [3.8, 4) is 0 Å². The fraction of sp³-hybridized carbons (Fsp3) is 0.529. The van der Waals surface area contributed by atoms with Gasteiger partial charge in [-0.1, -0.05) is 41.1 Å². The second-order valence-electron chi connectivity index (χ2n) is 6.34. The van der Waals surface area contributed by atoms with Gasteiger partial charge >= 0.3 is 0 Å². The Morgan fingerprint density at radius 1 is 1.30 bits per heavy atom. The first-order valence-corrected chi connectivity index (χ1v) is 8.63. The van der Waals surface area contributed by atoms with Crippen LogP contribution < -0.4 is 0 Å². The van der Waals surface area contributed by atoms with E-state index in [1.807, 2.05) is 0 Å². The van der Waals surface area contributed by atoms with Crippen molar-refractivity contribution in [2.75, 3.05) is 13.1 Å². The first-order valence-electron chi connectivity index (χ1n) is 7.71. The minimum Gasteiger partial charge on any atom is -0.357 e. The molecular weight excluding hydrogens is 312 g/mol. The standard InChI is InChI=1S/C17H21BrN2/c1-11(18)12-6-7-16-17-14(8-9-20(16)10-12)13-4-2-3-5-15(13)19-17/h2-5,11-12,16,19H,6-10H2,1H3/t11-,12-,16+/m1/s1. The zero-order valence-corrected chi connectivity index (χ0v) is 13.5. The Bertz CT molecular complexity index is 631. The molecule has 4 rings (SSSR count). The molecule has 0 radical (unpaired) electrons. The van der Waals surface area contributed by atoms with Gasteiger partial charge in [0.2, 0.25) is 0 Å². The summed E-state index contributed by atoms with van der Waals surface area (Å²) < 4.78 is 0. The maximum Gasteiger partial charge on any atom is 0.0501 e. The summed E-state index contributed by atoms with van der Waals surface area (Å²) >= 11 is 3.78. The average Bonchev–Trinajstić information content (AvgIpc) is 2.85. The van der Waals surface area contributed by atoms with Gasteiger partial charge in [0.15, 0.2) is 0 Å². The molecule has 2 aliphatic rings. The lowest BCUT2D eigenvalue weighted by atomic mass is 9.85. The molecule has 20 heavy (non-hydrogen) atoms. The number of fused-ring (bicyclic) bond motifs is 5. The minimum atomic E-state index is 0.619. The Hall–Kier alpha value is -0.800. The molecule has 0 bridgehead atoms. The average molecular weight is 333 g/mol. The highest BCUT2D eigenvalue weighted by molar-refractivity contribution is 9.09. The summed E-state index contributed by atoms with van der Waals surface area (Å²) in [6.45, 7) is 4.75. The van der Waals surface area contributed by atoms with E-state index in [-0.39, 0.29) is 0 Å². The second-order valence-corrected chi connectivity index (χ2v) is 7.78. The molecule has 0 unspecified atom stereocenters. The van der Waals surface area contributed by atoms with Gasteiger partial charge in [-0.15, -0.1) is 0 Å². The Morgan fingerprint density at radius 2 is 2.15 bits per heavy atom. The molecule has 0 saturated carbocycles. The molecule has 1 aromatic heterocycles. The van der Waals surface area contributed by atoms with Crippen molar-refractivity contribution in [1.29, 1.82) is 0 Å². The number of aromatic amines is 1. The molecule has 2 aliphatic heterocycles. The number of H-pyrrole nitrogens is 1. The lowest BCUT2D eigenvalue weighted by Crippen LogP contribution is -2.44. The Morgan fingerprint density at radius 3 is 3.00 bits per heavy atom. The van der Waals surface area contributed by atoms with E-state index in [2.05, 4.69) is 57.0 Å². The van der Waals surface area contributed by atoms with Crippen LogP contribution in [-0.2, 0) is 6.42 Å². The Labute approximate surface area is 128 Å². The molecule has 0 amide bonds. The summed E-state index contributed by atoms with van der Waals surface area (Å²) in [5.41, 5.74) is 4.39. The smallest absolute Gasteiger partial charge is 0.0501 e. The molecule has 0 aliphatic carbocycles. The third-order valence-electron chi connectivity index (χ3n) is 5.20. The second kappa shape index (κ2) is 4.88. The van der Waals surface area contributed by atoms with E-state index in [0.717, 1.165) is 5.92 Å². The molecule has 2 nitrogen and oxygen atoms in total. The van der Waals surface area contributed by atoms with Crippen LogP contribution in [0.25, 0.3) is 10.9 Å². The van der Waals surface area contributed by atoms with Gasteiger partial charge in [-0.2, -0.15) is 0 Å². The van der Waals surface area contributed by atoms with Crippen LogP contribution in [0, 0.1) is 5.92 Å². The van der Waals surface area contributed by atoms with Crippen LogP contribution >= 0.6 is 15.9 Å². The van der Waals surface area contributed by atoms with Crippen LogP contribution in [0.1, 0.15) is 37.1 Å². The number of nitrogens with one attached hydrogen (secondary N) is 1. The number of hydrogen-bond donors (Lipinski definition) is 1. The van der Waals surface area contributed by atoms with Crippen molar-refractivity contribution < 1.29 is 0 Å². The van der Waals surface area contributed by atoms with Crippen molar-refractivity contribution >= 4 is 26.8 Å². The third-order valence-corrected chi connectivity index (χ3v) is 5.95. The van der Waals surface area contributed by atoms with Gasteiger partial charge in [0.25, 0.3) is 0 Å². The van der Waals surface area contributed by atoms with Gasteiger partial charge in [0, 0.05) is 34.5 Å². The molecule has 1 fully saturated rings. The Kier molecular flexibility index (Phi) is 3.15. The largest absolute Gasteiger partial charge is 0.357 e. The van der Waals surface area contributed by atoms with Gasteiger partial charge in [0.1, 0.15) is 0 Å². The lowest BCUT2D eigenvalue weighted by Gasteiger charge is -2.43. The molecule has 0 spiro atoms. The topological polar surface area (TPSA) is 19.0 Å². The highest BCUT2D eigenvalue weighted by atomic mass is 79.9. The van der Waals surface area contributed by atoms with E-state index >= 15 is 0 Å². The van der Waals surface area contributed by atoms with Crippen LogP contribution in [-0.4, -0.2) is 27.8 Å². The van der Waals surface area contributed by atoms with Crippen molar-refractivity contribution in [1.82, 2.24) is 9.88 Å². The predicted octanol–water partition coefficient (Wildman–Crippen LogP) is 4.26. The van der Waals surface area contributed by atoms with Crippen molar-refractivity contribution in [3.63, 3.8) is 0 Å². The first-order chi connectivity index (χ1) is 9.74. The normalized spacial score (nSPS) is 28.1. The van der Waals surface area contributed by atoms with Gasteiger partial charge in [-0.05, 0) is 36.8 Å². The number of halogens is 1. The van der Waals surface area contributed by atoms with Gasteiger partial charge in [-0.3, -0.25) is 4.90 Å². The number of para-hydroxylation sites is 1. The summed E-state index contributed by atoms with van der Waals surface area (Å²) in [4.78, 5) is 7.04. The highest BCUT2D eigenvalue weighted by Gasteiger charge is 2.36. The summed E-state index contributed by atoms with van der Waals surface area (Å²) in [6, 6.07) is 9.39. The van der Waals surface area contributed by atoms with E-state index in [9.17, 15) is 0 Å². The highest BCUT2D eigenvalue weighted by Crippen LogP contribution is 2.41. The molecule has 3 heteroatoms. The van der Waals surface area contributed by atoms with Crippen LogP contribution in [0.4, 0.5) is 0 Å². The Balaban J connectivity index is 1.71. The monoisotopic (exact) mass is 332 g/mol. The van der Waals surface area contributed by atoms with Crippen LogP contribution in [0.5, 0.6) is 0 Å². The number of aromatic nitrogens is 1. The van der Waals surface area contributed by atoms with Crippen molar-refractivity contribution in [2.45, 2.75) is 37.1 Å². The summed E-state index contributed by atoms with van der Waals surface area (Å²) in [5.74, 6) is 0.803. The van der Waals surface area contributed by atoms with Gasteiger partial charge in [-0.25, -0.2) is 0 Å². The molecule has 106 valence electrons. The van der Waals surface area contributed by atoms with Crippen molar-refractivity contribution in [3.05, 3.63) is 35.5 Å². The predicted molar refractivity (Wildman–Crippen MR) is 87.4 cm³/mol. The SMILES string of the molecule is C[C@@H](Br)[C@@H]1CC[C@H]2c3[nH]c4ccccc4c3CCN2C1. The number of hydrogen-bond acceptors (Lipinski definition) is 1. The summed E-state index contributed by atoms with van der Waals surface area (Å²) in [6.07, 6.45) is 3.82. The number of piperidine rings is 1. The van der Waals surface area contributed by atoms with Crippen LogP contribution in [0.15, 0.2) is 24.3 Å². The minimum absolute atomic E-state index is 0.619. The zero-order valence-electron chi connectivity index (χ0n) is 11.9. The summed E-state index contributed by atoms with van der Waals surface area (Å²) in [5, 5.41) is 1.44. The summed E-state index contributed by atoms with van der Waals surface area (Å²) in [7, 11) is 0. The maximum absolute atomic E-state index is 3.78. The number of alkyl halides is 1. The zero-order chi connectivity index (χ0) is 13.7. The van der Waals surface area contributed by atoms with E-state index in [0.29, 0.717) is 10.9 Å².